The molecule has 1 N–H and O–H groups in total. The molecule has 0 saturated carbocycles. The monoisotopic (exact) mass is 386 g/mol. The van der Waals surface area contributed by atoms with Crippen LogP contribution in [0.5, 0.6) is 11.5 Å². The first kappa shape index (κ1) is 19.4. The molecular weight excluding hydrogens is 360 g/mol. The van der Waals surface area contributed by atoms with Crippen molar-refractivity contribution in [2.75, 3.05) is 41.0 Å². The molecule has 3 atom stereocenters. The Morgan fingerprint density at radius 2 is 1.92 bits per heavy atom. The SMILES string of the molecule is COc1cc(OC)cc(C2C(S(=O)(=O)NCC3CCCO3)CON2C)c1. The van der Waals surface area contributed by atoms with E-state index >= 15 is 0 Å². The summed E-state index contributed by atoms with van der Waals surface area (Å²) < 4.78 is 44.6. The third-order valence-electron chi connectivity index (χ3n) is 4.84. The van der Waals surface area contributed by atoms with Crippen LogP contribution in [0, 0.1) is 0 Å². The zero-order chi connectivity index (χ0) is 18.7. The van der Waals surface area contributed by atoms with E-state index in [0.29, 0.717) is 18.1 Å². The topological polar surface area (TPSA) is 86.3 Å². The molecule has 0 radical (unpaired) electrons. The Bertz CT molecular complexity index is 698. The number of ether oxygens (including phenoxy) is 3. The highest BCUT2D eigenvalue weighted by Gasteiger charge is 2.43. The van der Waals surface area contributed by atoms with Crippen molar-refractivity contribution in [1.82, 2.24) is 9.79 Å². The average molecular weight is 386 g/mol. The van der Waals surface area contributed by atoms with E-state index in [4.69, 9.17) is 19.0 Å². The average Bonchev–Trinajstić information content (AvgIpc) is 3.29. The van der Waals surface area contributed by atoms with Crippen molar-refractivity contribution in [3.05, 3.63) is 23.8 Å². The number of benzene rings is 1. The zero-order valence-electron chi connectivity index (χ0n) is 15.3. The van der Waals surface area contributed by atoms with E-state index in [9.17, 15) is 8.42 Å². The zero-order valence-corrected chi connectivity index (χ0v) is 16.1. The molecule has 2 aliphatic heterocycles. The molecule has 26 heavy (non-hydrogen) atoms. The second-order valence-electron chi connectivity index (χ2n) is 6.50. The van der Waals surface area contributed by atoms with Crippen molar-refractivity contribution in [3.8, 4) is 11.5 Å². The Morgan fingerprint density at radius 3 is 2.50 bits per heavy atom. The lowest BCUT2D eigenvalue weighted by Gasteiger charge is -2.24. The van der Waals surface area contributed by atoms with Gasteiger partial charge in [0.05, 0.1) is 33.0 Å². The van der Waals surface area contributed by atoms with Gasteiger partial charge in [0.25, 0.3) is 0 Å². The van der Waals surface area contributed by atoms with Gasteiger partial charge in [-0.1, -0.05) is 0 Å². The Hall–Kier alpha value is -1.39. The molecule has 3 rings (SSSR count). The lowest BCUT2D eigenvalue weighted by molar-refractivity contribution is -0.110. The summed E-state index contributed by atoms with van der Waals surface area (Å²) in [6, 6.07) is 4.89. The van der Waals surface area contributed by atoms with Crippen LogP contribution in [0.3, 0.4) is 0 Å². The van der Waals surface area contributed by atoms with Gasteiger partial charge in [0.1, 0.15) is 16.7 Å². The first-order valence-corrected chi connectivity index (χ1v) is 10.2. The van der Waals surface area contributed by atoms with Crippen LogP contribution >= 0.6 is 0 Å². The summed E-state index contributed by atoms with van der Waals surface area (Å²) in [6.45, 7) is 1.06. The van der Waals surface area contributed by atoms with Gasteiger partial charge in [-0.25, -0.2) is 13.1 Å². The van der Waals surface area contributed by atoms with Crippen LogP contribution in [0.15, 0.2) is 18.2 Å². The van der Waals surface area contributed by atoms with E-state index in [0.717, 1.165) is 18.4 Å². The van der Waals surface area contributed by atoms with Gasteiger partial charge < -0.3 is 14.2 Å². The molecule has 0 aliphatic carbocycles. The van der Waals surface area contributed by atoms with Crippen LogP contribution in [0.25, 0.3) is 0 Å². The van der Waals surface area contributed by atoms with Gasteiger partial charge in [-0.05, 0) is 30.5 Å². The van der Waals surface area contributed by atoms with Crippen molar-refractivity contribution < 1.29 is 27.5 Å². The smallest absolute Gasteiger partial charge is 0.218 e. The maximum Gasteiger partial charge on any atom is 0.218 e. The molecule has 0 amide bonds. The van der Waals surface area contributed by atoms with E-state index < -0.39 is 21.3 Å². The lowest BCUT2D eigenvalue weighted by atomic mass is 10.0. The number of hydrogen-bond acceptors (Lipinski definition) is 7. The number of methoxy groups -OCH3 is 2. The first-order valence-electron chi connectivity index (χ1n) is 8.63. The minimum Gasteiger partial charge on any atom is -0.497 e. The van der Waals surface area contributed by atoms with Crippen molar-refractivity contribution in [2.45, 2.75) is 30.2 Å². The van der Waals surface area contributed by atoms with E-state index in [2.05, 4.69) is 4.72 Å². The fraction of sp³-hybridized carbons (Fsp3) is 0.647. The van der Waals surface area contributed by atoms with E-state index in [1.165, 1.54) is 0 Å². The number of hydrogen-bond donors (Lipinski definition) is 1. The first-order chi connectivity index (χ1) is 12.4. The molecule has 146 valence electrons. The predicted octanol–water partition coefficient (Wildman–Crippen LogP) is 1.09. The highest BCUT2D eigenvalue weighted by Crippen LogP contribution is 2.36. The number of rotatable bonds is 7. The molecule has 2 saturated heterocycles. The number of hydroxylamine groups is 2. The molecule has 1 aromatic carbocycles. The van der Waals surface area contributed by atoms with Crippen LogP contribution in [0.2, 0.25) is 0 Å². The van der Waals surface area contributed by atoms with E-state index in [1.807, 2.05) is 0 Å². The minimum atomic E-state index is -3.60. The number of nitrogens with zero attached hydrogens (tertiary/aromatic N) is 1. The second-order valence-corrected chi connectivity index (χ2v) is 8.48. The largest absolute Gasteiger partial charge is 0.497 e. The molecule has 2 fully saturated rings. The summed E-state index contributed by atoms with van der Waals surface area (Å²) in [5.74, 6) is 1.20. The van der Waals surface area contributed by atoms with Crippen molar-refractivity contribution in [3.63, 3.8) is 0 Å². The van der Waals surface area contributed by atoms with Gasteiger partial charge in [0.2, 0.25) is 10.0 Å². The van der Waals surface area contributed by atoms with E-state index in [-0.39, 0.29) is 19.3 Å². The lowest BCUT2D eigenvalue weighted by Crippen LogP contribution is -2.42. The van der Waals surface area contributed by atoms with Crippen LogP contribution in [0.1, 0.15) is 24.4 Å². The van der Waals surface area contributed by atoms with Crippen molar-refractivity contribution in [1.29, 1.82) is 0 Å². The number of sulfonamides is 1. The number of nitrogens with one attached hydrogen (secondary N) is 1. The van der Waals surface area contributed by atoms with Gasteiger partial charge in [-0.3, -0.25) is 4.84 Å². The molecular formula is C17H26N2O6S. The maximum atomic E-state index is 12.9. The highest BCUT2D eigenvalue weighted by atomic mass is 32.2. The summed E-state index contributed by atoms with van der Waals surface area (Å²) in [7, 11) is 1.25. The molecule has 9 heteroatoms. The summed E-state index contributed by atoms with van der Waals surface area (Å²) in [6.07, 6.45) is 1.79. The maximum absolute atomic E-state index is 12.9. The molecule has 2 heterocycles. The Kier molecular flexibility index (Phi) is 6.03. The Labute approximate surface area is 154 Å². The molecule has 3 unspecified atom stereocenters. The Morgan fingerprint density at radius 1 is 1.23 bits per heavy atom. The van der Waals surface area contributed by atoms with Crippen LogP contribution in [0.4, 0.5) is 0 Å². The van der Waals surface area contributed by atoms with Crippen LogP contribution in [-0.4, -0.2) is 65.9 Å². The van der Waals surface area contributed by atoms with E-state index in [1.54, 1.807) is 44.5 Å². The third-order valence-corrected chi connectivity index (χ3v) is 6.60. The van der Waals surface area contributed by atoms with Crippen LogP contribution in [-0.2, 0) is 19.6 Å². The summed E-state index contributed by atoms with van der Waals surface area (Å²) >= 11 is 0. The quantitative estimate of drug-likeness (QED) is 0.751. The minimum absolute atomic E-state index is 0.0554. The standard InChI is InChI=1S/C17H26N2O6S/c1-19-17(12-7-14(22-2)9-15(8-12)23-3)16(11-25-19)26(20,21)18-10-13-5-4-6-24-13/h7-9,13,16-18H,4-6,10-11H2,1-3H3. The highest BCUT2D eigenvalue weighted by molar-refractivity contribution is 7.90. The third kappa shape index (κ3) is 4.12. The fourth-order valence-electron chi connectivity index (χ4n) is 3.40. The summed E-state index contributed by atoms with van der Waals surface area (Å²) in [5, 5.41) is 0.829. The predicted molar refractivity (Wildman–Crippen MR) is 95.7 cm³/mol. The normalized spacial score (nSPS) is 27.0. The van der Waals surface area contributed by atoms with Gasteiger partial charge in [-0.15, -0.1) is 0 Å². The molecule has 0 aromatic heterocycles. The van der Waals surface area contributed by atoms with Gasteiger partial charge in [0, 0.05) is 26.3 Å². The van der Waals surface area contributed by atoms with Gasteiger partial charge in [0.15, 0.2) is 0 Å². The molecule has 2 aliphatic rings. The summed E-state index contributed by atoms with van der Waals surface area (Å²) in [4.78, 5) is 5.54. The van der Waals surface area contributed by atoms with Gasteiger partial charge >= 0.3 is 0 Å². The molecule has 1 aromatic rings. The second kappa shape index (κ2) is 8.10. The van der Waals surface area contributed by atoms with Crippen molar-refractivity contribution in [2.24, 2.45) is 0 Å². The molecule has 0 bridgehead atoms. The van der Waals surface area contributed by atoms with Crippen molar-refractivity contribution >= 4 is 10.0 Å². The molecule has 8 nitrogen and oxygen atoms in total. The summed E-state index contributed by atoms with van der Waals surface area (Å²) in [5.41, 5.74) is 0.758. The van der Waals surface area contributed by atoms with Crippen LogP contribution < -0.4 is 14.2 Å². The van der Waals surface area contributed by atoms with Gasteiger partial charge in [-0.2, -0.15) is 5.06 Å². The Balaban J connectivity index is 1.82. The fourth-order valence-corrected chi connectivity index (χ4v) is 4.94. The molecule has 0 spiro atoms.